The van der Waals surface area contributed by atoms with Crippen molar-refractivity contribution in [3.8, 4) is 0 Å². The summed E-state index contributed by atoms with van der Waals surface area (Å²) < 4.78 is 1.20. The van der Waals surface area contributed by atoms with Gasteiger partial charge in [0.1, 0.15) is 24.1 Å². The number of nitro groups is 1. The van der Waals surface area contributed by atoms with Crippen molar-refractivity contribution in [2.75, 3.05) is 19.0 Å². The Balaban J connectivity index is 1.91. The second kappa shape index (κ2) is 6.71. The van der Waals surface area contributed by atoms with Crippen molar-refractivity contribution < 1.29 is 9.72 Å². The predicted molar refractivity (Wildman–Crippen MR) is 82.2 cm³/mol. The minimum Gasteiger partial charge on any atom is -0.354 e. The number of carbonyl (C=O) groups is 1. The predicted octanol–water partition coefficient (Wildman–Crippen LogP) is 1.28. The average molecular weight is 345 g/mol. The molecule has 0 atom stereocenters. The maximum atomic E-state index is 11.8. The highest BCUT2D eigenvalue weighted by atomic mass is 35.5. The lowest BCUT2D eigenvalue weighted by Gasteiger charge is -2.05. The zero-order valence-corrected chi connectivity index (χ0v) is 13.4. The molecule has 2 aromatic rings. The lowest BCUT2D eigenvalue weighted by Crippen LogP contribution is -2.27. The molecule has 1 N–H and O–H groups in total. The summed E-state index contributed by atoms with van der Waals surface area (Å²) in [5.41, 5.74) is -0.158. The van der Waals surface area contributed by atoms with Crippen LogP contribution in [-0.4, -0.2) is 39.7 Å². The molecule has 0 unspecified atom stereocenters. The topological polar surface area (TPSA) is 106 Å². The number of anilines is 1. The number of aromatic nitrogens is 3. The summed E-state index contributed by atoms with van der Waals surface area (Å²) in [6, 6.07) is 0. The van der Waals surface area contributed by atoms with Crippen molar-refractivity contribution in [2.45, 2.75) is 13.1 Å². The van der Waals surface area contributed by atoms with Gasteiger partial charge < -0.3 is 10.2 Å². The molecular weight excluding hydrogens is 332 g/mol. The first-order valence-electron chi connectivity index (χ1n) is 6.13. The first-order valence-corrected chi connectivity index (χ1v) is 7.32. The van der Waals surface area contributed by atoms with Crippen LogP contribution in [0.4, 0.5) is 10.8 Å². The number of nitrogens with zero attached hydrogens (tertiary/aromatic N) is 5. The molecule has 0 aromatic carbocycles. The molecule has 22 heavy (non-hydrogen) atoms. The van der Waals surface area contributed by atoms with Crippen molar-refractivity contribution in [2.24, 2.45) is 0 Å². The standard InChI is InChI=1S/C11H13ClN6O3S/c1-16(2)11-15-10(12)8(22-11)4-13-9(19)6-17-5-7(3-14-17)18(20)21/h3,5H,4,6H2,1-2H3,(H,13,19). The molecule has 11 heteroatoms. The number of carbonyl (C=O) groups excluding carboxylic acids is 1. The highest BCUT2D eigenvalue weighted by Gasteiger charge is 2.13. The first-order chi connectivity index (χ1) is 10.4. The maximum Gasteiger partial charge on any atom is 0.307 e. The number of amides is 1. The molecule has 0 aliphatic heterocycles. The van der Waals surface area contributed by atoms with Crippen LogP contribution in [0.5, 0.6) is 0 Å². The van der Waals surface area contributed by atoms with Crippen molar-refractivity contribution in [3.63, 3.8) is 0 Å². The fraction of sp³-hybridized carbons (Fsp3) is 0.364. The Morgan fingerprint density at radius 1 is 1.59 bits per heavy atom. The van der Waals surface area contributed by atoms with Crippen LogP contribution in [-0.2, 0) is 17.9 Å². The van der Waals surface area contributed by atoms with E-state index in [1.54, 1.807) is 0 Å². The molecule has 0 spiro atoms. The highest BCUT2D eigenvalue weighted by molar-refractivity contribution is 7.16. The van der Waals surface area contributed by atoms with Crippen LogP contribution in [0.3, 0.4) is 0 Å². The lowest BCUT2D eigenvalue weighted by molar-refractivity contribution is -0.385. The summed E-state index contributed by atoms with van der Waals surface area (Å²) in [7, 11) is 3.70. The number of thiazole rings is 1. The van der Waals surface area contributed by atoms with E-state index in [0.717, 1.165) is 16.2 Å². The van der Waals surface area contributed by atoms with Gasteiger partial charge in [0.25, 0.3) is 0 Å². The summed E-state index contributed by atoms with van der Waals surface area (Å²) in [4.78, 5) is 28.5. The molecule has 0 fully saturated rings. The maximum absolute atomic E-state index is 11.8. The molecule has 2 aromatic heterocycles. The fourth-order valence-electron chi connectivity index (χ4n) is 1.54. The van der Waals surface area contributed by atoms with Gasteiger partial charge in [-0.3, -0.25) is 19.6 Å². The molecule has 9 nitrogen and oxygen atoms in total. The second-order valence-corrected chi connectivity index (χ2v) is 5.95. The summed E-state index contributed by atoms with van der Waals surface area (Å²) >= 11 is 7.38. The second-order valence-electron chi connectivity index (χ2n) is 4.53. The molecule has 2 heterocycles. The van der Waals surface area contributed by atoms with E-state index in [4.69, 9.17) is 11.6 Å². The van der Waals surface area contributed by atoms with Gasteiger partial charge in [-0.25, -0.2) is 4.98 Å². The first kappa shape index (κ1) is 16.2. The van der Waals surface area contributed by atoms with Gasteiger partial charge >= 0.3 is 5.69 Å². The van der Waals surface area contributed by atoms with Crippen LogP contribution >= 0.6 is 22.9 Å². The monoisotopic (exact) mass is 344 g/mol. The molecule has 1 amide bonds. The van der Waals surface area contributed by atoms with Crippen LogP contribution < -0.4 is 10.2 Å². The fourth-order valence-corrected chi connectivity index (χ4v) is 2.66. The Morgan fingerprint density at radius 2 is 2.32 bits per heavy atom. The normalized spacial score (nSPS) is 10.5. The Labute approximate surface area is 134 Å². The van der Waals surface area contributed by atoms with E-state index >= 15 is 0 Å². The van der Waals surface area contributed by atoms with Gasteiger partial charge in [0.15, 0.2) is 5.13 Å². The van der Waals surface area contributed by atoms with Gasteiger partial charge in [-0.1, -0.05) is 22.9 Å². The quantitative estimate of drug-likeness (QED) is 0.625. The third kappa shape index (κ3) is 3.92. The number of halogens is 1. The van der Waals surface area contributed by atoms with E-state index in [0.29, 0.717) is 5.15 Å². The summed E-state index contributed by atoms with van der Waals surface area (Å²) in [6.07, 6.45) is 2.29. The molecular formula is C11H13ClN6O3S. The molecule has 0 saturated carbocycles. The van der Waals surface area contributed by atoms with Crippen molar-refractivity contribution >= 4 is 39.7 Å². The summed E-state index contributed by atoms with van der Waals surface area (Å²) in [6.45, 7) is 0.136. The third-order valence-electron chi connectivity index (χ3n) is 2.60. The largest absolute Gasteiger partial charge is 0.354 e. The SMILES string of the molecule is CN(C)c1nc(Cl)c(CNC(=O)Cn2cc([N+](=O)[O-])cn2)s1. The Morgan fingerprint density at radius 3 is 2.86 bits per heavy atom. The average Bonchev–Trinajstić information content (AvgIpc) is 3.03. The Hall–Kier alpha value is -2.20. The van der Waals surface area contributed by atoms with Crippen molar-refractivity contribution in [3.05, 3.63) is 32.5 Å². The van der Waals surface area contributed by atoms with Gasteiger partial charge in [-0.05, 0) is 0 Å². The molecule has 0 bridgehead atoms. The molecule has 0 saturated heterocycles. The van der Waals surface area contributed by atoms with E-state index < -0.39 is 4.92 Å². The summed E-state index contributed by atoms with van der Waals surface area (Å²) in [5, 5.41) is 18.1. The van der Waals surface area contributed by atoms with E-state index in [2.05, 4.69) is 15.4 Å². The van der Waals surface area contributed by atoms with Gasteiger partial charge in [-0.15, -0.1) is 0 Å². The Kier molecular flexibility index (Phi) is 4.93. The minimum absolute atomic E-state index is 0.106. The van der Waals surface area contributed by atoms with Gasteiger partial charge in [0.05, 0.1) is 16.3 Å². The van der Waals surface area contributed by atoms with E-state index in [9.17, 15) is 14.9 Å². The lowest BCUT2D eigenvalue weighted by atomic mass is 10.5. The highest BCUT2D eigenvalue weighted by Crippen LogP contribution is 2.28. The van der Waals surface area contributed by atoms with Crippen LogP contribution in [0.1, 0.15) is 4.88 Å². The molecule has 118 valence electrons. The van der Waals surface area contributed by atoms with Crippen LogP contribution in [0.2, 0.25) is 5.15 Å². The van der Waals surface area contributed by atoms with Gasteiger partial charge in [-0.2, -0.15) is 5.10 Å². The van der Waals surface area contributed by atoms with Crippen LogP contribution in [0, 0.1) is 10.1 Å². The zero-order chi connectivity index (χ0) is 16.3. The van der Waals surface area contributed by atoms with Crippen molar-refractivity contribution in [1.29, 1.82) is 0 Å². The van der Waals surface area contributed by atoms with E-state index in [1.165, 1.54) is 22.2 Å². The molecule has 0 aliphatic rings. The zero-order valence-electron chi connectivity index (χ0n) is 11.8. The Bertz CT molecular complexity index is 698. The summed E-state index contributed by atoms with van der Waals surface area (Å²) in [5.74, 6) is -0.325. The third-order valence-corrected chi connectivity index (χ3v) is 4.25. The van der Waals surface area contributed by atoms with Crippen LogP contribution in [0.15, 0.2) is 12.4 Å². The number of nitrogens with one attached hydrogen (secondary N) is 1. The number of rotatable bonds is 6. The molecule has 2 rings (SSSR count). The van der Waals surface area contributed by atoms with Crippen molar-refractivity contribution in [1.82, 2.24) is 20.1 Å². The van der Waals surface area contributed by atoms with Gasteiger partial charge in [0, 0.05) is 14.1 Å². The number of hydrogen-bond acceptors (Lipinski definition) is 7. The molecule has 0 aliphatic carbocycles. The smallest absolute Gasteiger partial charge is 0.307 e. The van der Waals surface area contributed by atoms with E-state index in [1.807, 2.05) is 19.0 Å². The van der Waals surface area contributed by atoms with E-state index in [-0.39, 0.29) is 24.7 Å². The minimum atomic E-state index is -0.568. The molecule has 0 radical (unpaired) electrons. The number of hydrogen-bond donors (Lipinski definition) is 1. The van der Waals surface area contributed by atoms with Crippen LogP contribution in [0.25, 0.3) is 0 Å². The van der Waals surface area contributed by atoms with Gasteiger partial charge in [0.2, 0.25) is 5.91 Å².